The van der Waals surface area contributed by atoms with Crippen LogP contribution in [0.5, 0.6) is 0 Å². The Hall–Kier alpha value is -2.57. The second-order valence-corrected chi connectivity index (χ2v) is 6.97. The minimum Gasteiger partial charge on any atom is -0.376 e. The van der Waals surface area contributed by atoms with Gasteiger partial charge in [0.15, 0.2) is 0 Å². The zero-order valence-corrected chi connectivity index (χ0v) is 16.9. The van der Waals surface area contributed by atoms with E-state index in [-0.39, 0.29) is 23.6 Å². The number of carbonyl (C=O) groups is 1. The van der Waals surface area contributed by atoms with Gasteiger partial charge in [-0.3, -0.25) is 9.69 Å². The molecule has 0 bridgehead atoms. The van der Waals surface area contributed by atoms with Gasteiger partial charge in [0, 0.05) is 37.3 Å². The molecule has 1 fully saturated rings. The van der Waals surface area contributed by atoms with Crippen molar-refractivity contribution in [3.05, 3.63) is 77.9 Å². The Labute approximate surface area is 171 Å². The number of benzene rings is 1. The number of morpholine rings is 1. The van der Waals surface area contributed by atoms with Gasteiger partial charge < -0.3 is 10.1 Å². The number of carbonyl (C=O) groups excluding carboxylic acids is 1. The van der Waals surface area contributed by atoms with E-state index in [4.69, 9.17) is 4.74 Å². The summed E-state index contributed by atoms with van der Waals surface area (Å²) in [5, 5.41) is 2.81. The fourth-order valence-electron chi connectivity index (χ4n) is 2.98. The second kappa shape index (κ2) is 11.4. The second-order valence-electron chi connectivity index (χ2n) is 6.97. The van der Waals surface area contributed by atoms with Crippen molar-refractivity contribution >= 4 is 12.0 Å². The fraction of sp³-hybridized carbons (Fsp3) is 0.348. The molecule has 2 rings (SSSR count). The molecule has 1 saturated heterocycles. The van der Waals surface area contributed by atoms with Crippen LogP contribution in [-0.2, 0) is 9.53 Å². The average Bonchev–Trinajstić information content (AvgIpc) is 2.67. The number of nitrogens with zero attached hydrogens (tertiary/aromatic N) is 1. The van der Waals surface area contributed by atoms with Gasteiger partial charge in [0.25, 0.3) is 0 Å². The first kappa shape index (κ1) is 22.7. The van der Waals surface area contributed by atoms with E-state index in [0.717, 1.165) is 43.9 Å². The third-order valence-electron chi connectivity index (χ3n) is 4.58. The van der Waals surface area contributed by atoms with Crippen LogP contribution in [0, 0.1) is 11.6 Å². The Balaban J connectivity index is 1.87. The molecule has 1 aromatic carbocycles. The molecule has 0 aromatic heterocycles. The van der Waals surface area contributed by atoms with Crippen molar-refractivity contribution in [1.29, 1.82) is 0 Å². The number of nitrogens with one attached hydrogen (secondary N) is 1. The van der Waals surface area contributed by atoms with Crippen LogP contribution in [-0.4, -0.2) is 49.2 Å². The lowest BCUT2D eigenvalue weighted by Crippen LogP contribution is -2.40. The highest BCUT2D eigenvalue weighted by molar-refractivity contribution is 5.92. The number of allylic oxidation sites excluding steroid dienone is 2. The fourth-order valence-corrected chi connectivity index (χ4v) is 2.98. The summed E-state index contributed by atoms with van der Waals surface area (Å²) >= 11 is 0. The predicted molar refractivity (Wildman–Crippen MR) is 112 cm³/mol. The zero-order valence-electron chi connectivity index (χ0n) is 16.9. The molecule has 1 aliphatic heterocycles. The molecule has 0 spiro atoms. The molecular formula is C23H28F2N2O2. The third kappa shape index (κ3) is 7.75. The van der Waals surface area contributed by atoms with Crippen molar-refractivity contribution in [1.82, 2.24) is 10.2 Å². The van der Waals surface area contributed by atoms with Gasteiger partial charge in [-0.25, -0.2) is 8.78 Å². The van der Waals surface area contributed by atoms with Crippen LogP contribution < -0.4 is 5.32 Å². The summed E-state index contributed by atoms with van der Waals surface area (Å²) < 4.78 is 32.1. The first-order valence-electron chi connectivity index (χ1n) is 9.65. The molecule has 0 saturated carbocycles. The normalized spacial score (nSPS) is 19.6. The first-order valence-corrected chi connectivity index (χ1v) is 9.65. The molecule has 2 atom stereocenters. The maximum atomic E-state index is 13.6. The monoisotopic (exact) mass is 402 g/mol. The Morgan fingerprint density at radius 3 is 2.93 bits per heavy atom. The number of ether oxygens (including phenoxy) is 1. The minimum atomic E-state index is -0.714. The molecule has 1 amide bonds. The number of rotatable bonds is 8. The Kier molecular flexibility index (Phi) is 8.96. The van der Waals surface area contributed by atoms with Gasteiger partial charge in [-0.1, -0.05) is 30.9 Å². The maximum Gasteiger partial charge on any atom is 0.244 e. The molecule has 0 radical (unpaired) electrons. The van der Waals surface area contributed by atoms with Gasteiger partial charge in [-0.05, 0) is 37.6 Å². The molecule has 0 aliphatic carbocycles. The smallest absolute Gasteiger partial charge is 0.244 e. The van der Waals surface area contributed by atoms with E-state index in [9.17, 15) is 13.6 Å². The molecule has 1 aliphatic rings. The number of halogens is 2. The summed E-state index contributed by atoms with van der Waals surface area (Å²) in [5.41, 5.74) is 1.00. The summed E-state index contributed by atoms with van der Waals surface area (Å²) in [5.74, 6) is -1.75. The van der Waals surface area contributed by atoms with Crippen LogP contribution in [0.2, 0.25) is 0 Å². The lowest BCUT2D eigenvalue weighted by Gasteiger charge is -2.30. The highest BCUT2D eigenvalue weighted by Crippen LogP contribution is 2.11. The Morgan fingerprint density at radius 1 is 1.45 bits per heavy atom. The average molecular weight is 402 g/mol. The maximum absolute atomic E-state index is 13.6. The summed E-state index contributed by atoms with van der Waals surface area (Å²) in [6.07, 6.45) is 10.4. The van der Waals surface area contributed by atoms with Crippen LogP contribution in [0.25, 0.3) is 6.08 Å². The quantitative estimate of drug-likeness (QED) is 0.530. The molecule has 4 nitrogen and oxygen atoms in total. The molecular weight excluding hydrogens is 374 g/mol. The van der Waals surface area contributed by atoms with E-state index in [1.807, 2.05) is 19.1 Å². The van der Waals surface area contributed by atoms with E-state index >= 15 is 0 Å². The van der Waals surface area contributed by atoms with Crippen LogP contribution >= 0.6 is 0 Å². The van der Waals surface area contributed by atoms with Crippen LogP contribution in [0.15, 0.2) is 60.7 Å². The summed E-state index contributed by atoms with van der Waals surface area (Å²) in [4.78, 5) is 14.4. The Bertz CT molecular complexity index is 802. The molecule has 6 heteroatoms. The molecule has 1 N–H and O–H groups in total. The van der Waals surface area contributed by atoms with Crippen LogP contribution in [0.3, 0.4) is 0 Å². The lowest BCUT2D eigenvalue weighted by atomic mass is 10.1. The van der Waals surface area contributed by atoms with Gasteiger partial charge in [-0.2, -0.15) is 0 Å². The number of hydrogen-bond donors (Lipinski definition) is 1. The third-order valence-corrected chi connectivity index (χ3v) is 4.58. The molecule has 29 heavy (non-hydrogen) atoms. The van der Waals surface area contributed by atoms with Gasteiger partial charge >= 0.3 is 0 Å². The van der Waals surface area contributed by atoms with Crippen molar-refractivity contribution in [3.8, 4) is 0 Å². The van der Waals surface area contributed by atoms with Gasteiger partial charge in [0.2, 0.25) is 5.91 Å². The van der Waals surface area contributed by atoms with Crippen molar-refractivity contribution in [3.63, 3.8) is 0 Å². The van der Waals surface area contributed by atoms with Crippen molar-refractivity contribution in [2.75, 3.05) is 26.2 Å². The highest BCUT2D eigenvalue weighted by atomic mass is 19.1. The SMILES string of the molecule is C=C/C(=C\C=C/CN1CCOC(C)C1)C(C)NC(=O)/C=C/c1ccc(F)cc1F. The number of amides is 1. The van der Waals surface area contributed by atoms with Crippen molar-refractivity contribution in [2.45, 2.75) is 26.0 Å². The van der Waals surface area contributed by atoms with E-state index < -0.39 is 11.6 Å². The minimum absolute atomic E-state index is 0.147. The lowest BCUT2D eigenvalue weighted by molar-refractivity contribution is -0.116. The summed E-state index contributed by atoms with van der Waals surface area (Å²) in [6.45, 7) is 11.1. The highest BCUT2D eigenvalue weighted by Gasteiger charge is 2.14. The zero-order chi connectivity index (χ0) is 21.2. The molecule has 2 unspecified atom stereocenters. The van der Waals surface area contributed by atoms with Gasteiger partial charge in [0.1, 0.15) is 11.6 Å². The Morgan fingerprint density at radius 2 is 2.24 bits per heavy atom. The first-order chi connectivity index (χ1) is 13.9. The van der Waals surface area contributed by atoms with Crippen molar-refractivity contribution < 1.29 is 18.3 Å². The largest absolute Gasteiger partial charge is 0.376 e. The van der Waals surface area contributed by atoms with Gasteiger partial charge in [-0.15, -0.1) is 0 Å². The predicted octanol–water partition coefficient (Wildman–Crippen LogP) is 3.87. The molecule has 156 valence electrons. The molecule has 1 aromatic rings. The molecule has 1 heterocycles. The van der Waals surface area contributed by atoms with Crippen LogP contribution in [0.1, 0.15) is 19.4 Å². The van der Waals surface area contributed by atoms with Crippen LogP contribution in [0.4, 0.5) is 8.78 Å². The topological polar surface area (TPSA) is 41.6 Å². The van der Waals surface area contributed by atoms with Gasteiger partial charge in [0.05, 0.1) is 18.8 Å². The van der Waals surface area contributed by atoms with E-state index in [1.54, 1.807) is 6.08 Å². The van der Waals surface area contributed by atoms with Crippen molar-refractivity contribution in [2.24, 2.45) is 0 Å². The van der Waals surface area contributed by atoms with E-state index in [1.165, 1.54) is 18.2 Å². The standard InChI is InChI=1S/C23H28F2N2O2/c1-4-19(7-5-6-12-27-13-14-29-17(2)16-27)18(3)26-23(28)11-9-20-8-10-21(24)15-22(20)25/h4-11,15,17-18H,1,12-14,16H2,2-3H3,(H,26,28)/b6-5-,11-9+,19-7+. The van der Waals surface area contributed by atoms with E-state index in [0.29, 0.717) is 0 Å². The number of hydrogen-bond acceptors (Lipinski definition) is 3. The van der Waals surface area contributed by atoms with E-state index in [2.05, 4.69) is 29.8 Å². The summed E-state index contributed by atoms with van der Waals surface area (Å²) in [6, 6.07) is 2.94. The summed E-state index contributed by atoms with van der Waals surface area (Å²) in [7, 11) is 0.